The van der Waals surface area contributed by atoms with E-state index in [9.17, 15) is 0 Å². The molecule has 3 heteroatoms. The highest BCUT2D eigenvalue weighted by atomic mass is 15.3. The van der Waals surface area contributed by atoms with Crippen LogP contribution in [0.4, 0.5) is 0 Å². The molecule has 0 aromatic carbocycles. The lowest BCUT2D eigenvalue weighted by molar-refractivity contribution is 0.0560. The Morgan fingerprint density at radius 1 is 0.611 bits per heavy atom. The summed E-state index contributed by atoms with van der Waals surface area (Å²) in [7, 11) is 0. The zero-order valence-electron chi connectivity index (χ0n) is 11.7. The number of nitrogens with two attached hydrogens (primary N) is 1. The zero-order chi connectivity index (χ0) is 12.4. The Bertz CT molecular complexity index is 246. The van der Waals surface area contributed by atoms with Gasteiger partial charge in [0.2, 0.25) is 0 Å². The summed E-state index contributed by atoms with van der Waals surface area (Å²) in [6, 6.07) is 2.25. The van der Waals surface area contributed by atoms with Crippen molar-refractivity contribution in [2.75, 3.05) is 26.2 Å². The number of rotatable bonds is 2. The van der Waals surface area contributed by atoms with E-state index in [1.165, 1.54) is 77.5 Å². The monoisotopic (exact) mass is 251 g/mol. The summed E-state index contributed by atoms with van der Waals surface area (Å²) in [4.78, 5) is 5.51. The first-order valence-corrected chi connectivity index (χ1v) is 8.06. The fourth-order valence-corrected chi connectivity index (χ4v) is 4.20. The minimum absolute atomic E-state index is 0.487. The molecule has 3 rings (SSSR count). The Kier molecular flexibility index (Phi) is 4.22. The van der Waals surface area contributed by atoms with Gasteiger partial charge in [-0.3, -0.25) is 9.80 Å². The fraction of sp³-hybridized carbons (Fsp3) is 1.00. The summed E-state index contributed by atoms with van der Waals surface area (Å²) >= 11 is 0. The van der Waals surface area contributed by atoms with Crippen LogP contribution in [0.25, 0.3) is 0 Å². The maximum atomic E-state index is 6.00. The molecular formula is C15H29N3. The molecule has 3 aliphatic rings. The quantitative estimate of drug-likeness (QED) is 0.812. The van der Waals surface area contributed by atoms with Gasteiger partial charge < -0.3 is 5.73 Å². The largest absolute Gasteiger partial charge is 0.328 e. The molecule has 2 N–H and O–H groups in total. The Hall–Kier alpha value is -0.120. The van der Waals surface area contributed by atoms with E-state index in [0.717, 1.165) is 12.1 Å². The highest BCUT2D eigenvalue weighted by Crippen LogP contribution is 2.27. The molecule has 2 saturated carbocycles. The van der Waals surface area contributed by atoms with Crippen LogP contribution in [0, 0.1) is 0 Å². The van der Waals surface area contributed by atoms with Crippen LogP contribution >= 0.6 is 0 Å². The predicted molar refractivity (Wildman–Crippen MR) is 75.6 cm³/mol. The normalized spacial score (nSPS) is 37.2. The van der Waals surface area contributed by atoms with Gasteiger partial charge in [0.15, 0.2) is 0 Å². The van der Waals surface area contributed by atoms with Crippen molar-refractivity contribution >= 4 is 0 Å². The van der Waals surface area contributed by atoms with Crippen LogP contribution in [0.1, 0.15) is 51.4 Å². The van der Waals surface area contributed by atoms with Crippen molar-refractivity contribution < 1.29 is 0 Å². The maximum Gasteiger partial charge on any atom is 0.0113 e. The van der Waals surface area contributed by atoms with E-state index in [1.807, 2.05) is 0 Å². The fourth-order valence-electron chi connectivity index (χ4n) is 4.20. The van der Waals surface area contributed by atoms with Crippen molar-refractivity contribution in [3.8, 4) is 0 Å². The van der Waals surface area contributed by atoms with Gasteiger partial charge >= 0.3 is 0 Å². The second kappa shape index (κ2) is 5.89. The van der Waals surface area contributed by atoms with Gasteiger partial charge in [-0.05, 0) is 38.5 Å². The molecule has 3 nitrogen and oxygen atoms in total. The first kappa shape index (κ1) is 12.9. The smallest absolute Gasteiger partial charge is 0.0113 e. The lowest BCUT2D eigenvalue weighted by Gasteiger charge is -2.43. The van der Waals surface area contributed by atoms with E-state index in [-0.39, 0.29) is 0 Å². The second-order valence-electron chi connectivity index (χ2n) is 6.58. The van der Waals surface area contributed by atoms with Crippen LogP contribution < -0.4 is 5.73 Å². The van der Waals surface area contributed by atoms with Gasteiger partial charge in [-0.1, -0.05) is 12.8 Å². The Morgan fingerprint density at radius 2 is 1.06 bits per heavy atom. The van der Waals surface area contributed by atoms with Gasteiger partial charge in [-0.15, -0.1) is 0 Å². The van der Waals surface area contributed by atoms with E-state index in [4.69, 9.17) is 5.73 Å². The van der Waals surface area contributed by atoms with Crippen molar-refractivity contribution in [3.05, 3.63) is 0 Å². The second-order valence-corrected chi connectivity index (χ2v) is 6.58. The summed E-state index contributed by atoms with van der Waals surface area (Å²) in [5.74, 6) is 0. The molecule has 1 heterocycles. The summed E-state index contributed by atoms with van der Waals surface area (Å²) in [5, 5.41) is 0. The van der Waals surface area contributed by atoms with Crippen LogP contribution in [0.3, 0.4) is 0 Å². The first-order chi connectivity index (χ1) is 8.83. The van der Waals surface area contributed by atoms with E-state index >= 15 is 0 Å². The van der Waals surface area contributed by atoms with Crippen molar-refractivity contribution in [1.29, 1.82) is 0 Å². The molecule has 3 fully saturated rings. The lowest BCUT2D eigenvalue weighted by atomic mass is 9.90. The van der Waals surface area contributed by atoms with E-state index in [2.05, 4.69) is 9.80 Å². The summed E-state index contributed by atoms with van der Waals surface area (Å²) < 4.78 is 0. The summed E-state index contributed by atoms with van der Waals surface area (Å²) in [5.41, 5.74) is 6.00. The molecule has 1 saturated heterocycles. The SMILES string of the molecule is NC1CCC(N2CCN(C3CCCC3)CC2)CC1. The standard InChI is InChI=1S/C15H29N3/c16-13-5-7-15(8-6-13)18-11-9-17(10-12-18)14-3-1-2-4-14/h13-15H,1-12,16H2. The lowest BCUT2D eigenvalue weighted by Crippen LogP contribution is -2.53. The summed E-state index contributed by atoms with van der Waals surface area (Å²) in [6.45, 7) is 5.23. The third-order valence-electron chi connectivity index (χ3n) is 5.45. The average Bonchev–Trinajstić information content (AvgIpc) is 2.94. The number of piperazine rings is 1. The van der Waals surface area contributed by atoms with Gasteiger partial charge in [-0.25, -0.2) is 0 Å². The van der Waals surface area contributed by atoms with Gasteiger partial charge in [0.05, 0.1) is 0 Å². The van der Waals surface area contributed by atoms with Crippen molar-refractivity contribution in [2.24, 2.45) is 5.73 Å². The highest BCUT2D eigenvalue weighted by molar-refractivity contribution is 4.87. The van der Waals surface area contributed by atoms with E-state index in [1.54, 1.807) is 0 Å². The molecule has 0 spiro atoms. The third kappa shape index (κ3) is 2.89. The van der Waals surface area contributed by atoms with Gasteiger partial charge in [0.25, 0.3) is 0 Å². The molecule has 0 aromatic heterocycles. The van der Waals surface area contributed by atoms with Crippen LogP contribution in [0.2, 0.25) is 0 Å². The Balaban J connectivity index is 1.44. The predicted octanol–water partition coefficient (Wildman–Crippen LogP) is 1.82. The molecule has 0 radical (unpaired) electrons. The third-order valence-corrected chi connectivity index (χ3v) is 5.45. The Morgan fingerprint density at radius 3 is 1.56 bits per heavy atom. The van der Waals surface area contributed by atoms with Gasteiger partial charge in [-0.2, -0.15) is 0 Å². The number of hydrogen-bond donors (Lipinski definition) is 1. The van der Waals surface area contributed by atoms with Crippen LogP contribution in [-0.2, 0) is 0 Å². The molecule has 2 aliphatic carbocycles. The molecule has 0 unspecified atom stereocenters. The molecule has 0 bridgehead atoms. The van der Waals surface area contributed by atoms with Gasteiger partial charge in [0.1, 0.15) is 0 Å². The molecule has 0 atom stereocenters. The van der Waals surface area contributed by atoms with Crippen LogP contribution in [0.5, 0.6) is 0 Å². The minimum Gasteiger partial charge on any atom is -0.328 e. The van der Waals surface area contributed by atoms with E-state index in [0.29, 0.717) is 6.04 Å². The van der Waals surface area contributed by atoms with Gasteiger partial charge in [0, 0.05) is 44.3 Å². The summed E-state index contributed by atoms with van der Waals surface area (Å²) in [6.07, 6.45) is 11.0. The highest BCUT2D eigenvalue weighted by Gasteiger charge is 2.30. The Labute approximate surface area is 112 Å². The number of nitrogens with zero attached hydrogens (tertiary/aromatic N) is 2. The molecule has 0 amide bonds. The molecular weight excluding hydrogens is 222 g/mol. The van der Waals surface area contributed by atoms with Crippen molar-refractivity contribution in [2.45, 2.75) is 69.5 Å². The van der Waals surface area contributed by atoms with Crippen molar-refractivity contribution in [1.82, 2.24) is 9.80 Å². The molecule has 0 aromatic rings. The molecule has 104 valence electrons. The van der Waals surface area contributed by atoms with Crippen molar-refractivity contribution in [3.63, 3.8) is 0 Å². The number of hydrogen-bond acceptors (Lipinski definition) is 3. The molecule has 18 heavy (non-hydrogen) atoms. The van der Waals surface area contributed by atoms with Crippen LogP contribution in [-0.4, -0.2) is 54.1 Å². The van der Waals surface area contributed by atoms with Crippen LogP contribution in [0.15, 0.2) is 0 Å². The average molecular weight is 251 g/mol. The first-order valence-electron chi connectivity index (χ1n) is 8.06. The van der Waals surface area contributed by atoms with E-state index < -0.39 is 0 Å². The topological polar surface area (TPSA) is 32.5 Å². The minimum atomic E-state index is 0.487. The zero-order valence-corrected chi connectivity index (χ0v) is 11.7. The maximum absolute atomic E-state index is 6.00. The molecule has 1 aliphatic heterocycles.